The summed E-state index contributed by atoms with van der Waals surface area (Å²) in [5, 5.41) is 4.17. The highest BCUT2D eigenvalue weighted by molar-refractivity contribution is 7.92. The number of hydrogen-bond acceptors (Lipinski definition) is 4. The zero-order valence-electron chi connectivity index (χ0n) is 11.5. The molecule has 1 aliphatic heterocycles. The van der Waals surface area contributed by atoms with Crippen LogP contribution in [0.2, 0.25) is 0 Å². The van der Waals surface area contributed by atoms with Crippen molar-refractivity contribution in [2.24, 2.45) is 0 Å². The molecule has 1 fully saturated rings. The van der Waals surface area contributed by atoms with Crippen molar-refractivity contribution in [3.05, 3.63) is 42.7 Å². The van der Waals surface area contributed by atoms with Gasteiger partial charge in [0.1, 0.15) is 0 Å². The first-order chi connectivity index (χ1) is 10.1. The topological polar surface area (TPSA) is 73.2 Å². The third kappa shape index (κ3) is 3.43. The summed E-state index contributed by atoms with van der Waals surface area (Å²) >= 11 is 0. The number of ether oxygens (including phenoxy) is 1. The van der Waals surface area contributed by atoms with Crippen LogP contribution in [0.3, 0.4) is 0 Å². The van der Waals surface area contributed by atoms with E-state index in [0.717, 1.165) is 19.4 Å². The zero-order chi connectivity index (χ0) is 14.7. The predicted molar refractivity (Wildman–Crippen MR) is 78.5 cm³/mol. The lowest BCUT2D eigenvalue weighted by Crippen LogP contribution is -2.15. The zero-order valence-corrected chi connectivity index (χ0v) is 12.3. The molecular formula is C14H17N3O3S. The second-order valence-corrected chi connectivity index (χ2v) is 6.69. The molecule has 1 aliphatic rings. The molecule has 0 aliphatic carbocycles. The van der Waals surface area contributed by atoms with Gasteiger partial charge in [-0.3, -0.25) is 9.40 Å². The highest BCUT2D eigenvalue weighted by Gasteiger charge is 2.18. The summed E-state index contributed by atoms with van der Waals surface area (Å²) in [5.41, 5.74) is 0.455. The number of aromatic nitrogens is 2. The van der Waals surface area contributed by atoms with Crippen molar-refractivity contribution in [2.75, 3.05) is 11.3 Å². The standard InChI is InChI=1S/C14H17N3O3S/c18-21(19,14-6-2-1-3-7-14)16-12-9-15-17(10-12)11-13-5-4-8-20-13/h1-3,6-7,9-10,13,16H,4-5,8,11H2. The van der Waals surface area contributed by atoms with Crippen LogP contribution in [0.5, 0.6) is 0 Å². The molecule has 1 aromatic carbocycles. The van der Waals surface area contributed by atoms with E-state index in [1.807, 2.05) is 0 Å². The van der Waals surface area contributed by atoms with Crippen LogP contribution in [0.25, 0.3) is 0 Å². The van der Waals surface area contributed by atoms with Crippen molar-refractivity contribution in [1.29, 1.82) is 0 Å². The minimum absolute atomic E-state index is 0.170. The number of anilines is 1. The monoisotopic (exact) mass is 307 g/mol. The Morgan fingerprint density at radius 2 is 2.14 bits per heavy atom. The average molecular weight is 307 g/mol. The molecule has 0 bridgehead atoms. The van der Waals surface area contributed by atoms with Crippen molar-refractivity contribution in [1.82, 2.24) is 9.78 Å². The molecule has 0 spiro atoms. The van der Waals surface area contributed by atoms with Crippen LogP contribution in [0.4, 0.5) is 5.69 Å². The molecular weight excluding hydrogens is 290 g/mol. The molecule has 1 unspecified atom stereocenters. The van der Waals surface area contributed by atoms with Gasteiger partial charge in [-0.05, 0) is 25.0 Å². The van der Waals surface area contributed by atoms with Crippen molar-refractivity contribution >= 4 is 15.7 Å². The summed E-state index contributed by atoms with van der Waals surface area (Å²) in [5.74, 6) is 0. The smallest absolute Gasteiger partial charge is 0.261 e. The maximum atomic E-state index is 12.2. The molecule has 2 aromatic rings. The molecule has 0 radical (unpaired) electrons. The molecule has 112 valence electrons. The highest BCUT2D eigenvalue weighted by atomic mass is 32.2. The third-order valence-corrected chi connectivity index (χ3v) is 4.75. The van der Waals surface area contributed by atoms with E-state index >= 15 is 0 Å². The van der Waals surface area contributed by atoms with Gasteiger partial charge in [0.25, 0.3) is 10.0 Å². The van der Waals surface area contributed by atoms with Gasteiger partial charge in [0.2, 0.25) is 0 Å². The van der Waals surface area contributed by atoms with Gasteiger partial charge in [0.15, 0.2) is 0 Å². The minimum Gasteiger partial charge on any atom is -0.376 e. The number of benzene rings is 1. The van der Waals surface area contributed by atoms with Crippen molar-refractivity contribution in [3.8, 4) is 0 Å². The quantitative estimate of drug-likeness (QED) is 0.915. The Labute approximate surface area is 123 Å². The van der Waals surface area contributed by atoms with Crippen molar-refractivity contribution in [2.45, 2.75) is 30.4 Å². The molecule has 1 saturated heterocycles. The van der Waals surface area contributed by atoms with Crippen molar-refractivity contribution in [3.63, 3.8) is 0 Å². The Morgan fingerprint density at radius 1 is 1.33 bits per heavy atom. The lowest BCUT2D eigenvalue weighted by atomic mass is 10.2. The number of nitrogens with one attached hydrogen (secondary N) is 1. The van der Waals surface area contributed by atoms with E-state index in [1.165, 1.54) is 6.20 Å². The Bertz CT molecular complexity index is 691. The van der Waals surface area contributed by atoms with Gasteiger partial charge < -0.3 is 4.74 Å². The number of hydrogen-bond donors (Lipinski definition) is 1. The molecule has 1 N–H and O–H groups in total. The summed E-state index contributed by atoms with van der Waals surface area (Å²) in [6, 6.07) is 8.27. The van der Waals surface area contributed by atoms with Crippen LogP contribution in [0.15, 0.2) is 47.6 Å². The lowest BCUT2D eigenvalue weighted by molar-refractivity contribution is 0.0940. The Balaban J connectivity index is 1.69. The van der Waals surface area contributed by atoms with E-state index in [-0.39, 0.29) is 11.0 Å². The van der Waals surface area contributed by atoms with Gasteiger partial charge in [-0.1, -0.05) is 18.2 Å². The van der Waals surface area contributed by atoms with E-state index in [1.54, 1.807) is 41.2 Å². The van der Waals surface area contributed by atoms with E-state index in [0.29, 0.717) is 12.2 Å². The largest absolute Gasteiger partial charge is 0.376 e. The summed E-state index contributed by atoms with van der Waals surface area (Å²) in [7, 11) is -3.56. The van der Waals surface area contributed by atoms with E-state index < -0.39 is 10.0 Å². The molecule has 0 amide bonds. The molecule has 6 nitrogen and oxygen atoms in total. The first-order valence-corrected chi connectivity index (χ1v) is 8.34. The number of nitrogens with zero attached hydrogens (tertiary/aromatic N) is 2. The minimum atomic E-state index is -3.56. The second-order valence-electron chi connectivity index (χ2n) is 5.00. The van der Waals surface area contributed by atoms with Crippen LogP contribution >= 0.6 is 0 Å². The molecule has 1 aromatic heterocycles. The maximum absolute atomic E-state index is 12.2. The summed E-state index contributed by atoms with van der Waals surface area (Å²) in [6.45, 7) is 1.44. The molecule has 7 heteroatoms. The molecule has 2 heterocycles. The molecule has 21 heavy (non-hydrogen) atoms. The lowest BCUT2D eigenvalue weighted by Gasteiger charge is -2.08. The molecule has 0 saturated carbocycles. The van der Waals surface area contributed by atoms with Crippen molar-refractivity contribution < 1.29 is 13.2 Å². The Morgan fingerprint density at radius 3 is 2.86 bits per heavy atom. The van der Waals surface area contributed by atoms with E-state index in [2.05, 4.69) is 9.82 Å². The fraction of sp³-hybridized carbons (Fsp3) is 0.357. The third-order valence-electron chi connectivity index (χ3n) is 3.35. The highest BCUT2D eigenvalue weighted by Crippen LogP contribution is 2.17. The predicted octanol–water partition coefficient (Wildman–Crippen LogP) is 1.86. The van der Waals surface area contributed by atoms with Crippen LogP contribution in [-0.2, 0) is 21.3 Å². The molecule has 3 rings (SSSR count). The number of sulfonamides is 1. The van der Waals surface area contributed by atoms with E-state index in [4.69, 9.17) is 4.74 Å². The second kappa shape index (κ2) is 5.87. The Hall–Kier alpha value is -1.86. The number of rotatable bonds is 5. The van der Waals surface area contributed by atoms with Crippen LogP contribution in [-0.4, -0.2) is 30.9 Å². The fourth-order valence-corrected chi connectivity index (χ4v) is 3.38. The van der Waals surface area contributed by atoms with Gasteiger partial charge in [-0.15, -0.1) is 0 Å². The summed E-state index contributed by atoms with van der Waals surface area (Å²) in [6.07, 6.45) is 5.45. The van der Waals surface area contributed by atoms with Gasteiger partial charge in [-0.2, -0.15) is 5.10 Å². The fourth-order valence-electron chi connectivity index (χ4n) is 2.33. The normalized spacial score (nSPS) is 18.8. The first kappa shape index (κ1) is 14.1. The van der Waals surface area contributed by atoms with Crippen LogP contribution in [0, 0.1) is 0 Å². The van der Waals surface area contributed by atoms with Gasteiger partial charge in [-0.25, -0.2) is 8.42 Å². The van der Waals surface area contributed by atoms with Crippen LogP contribution < -0.4 is 4.72 Å². The van der Waals surface area contributed by atoms with Gasteiger partial charge in [0, 0.05) is 12.8 Å². The summed E-state index contributed by atoms with van der Waals surface area (Å²) in [4.78, 5) is 0.233. The van der Waals surface area contributed by atoms with Gasteiger partial charge in [0.05, 0.1) is 29.4 Å². The van der Waals surface area contributed by atoms with E-state index in [9.17, 15) is 8.42 Å². The maximum Gasteiger partial charge on any atom is 0.261 e. The first-order valence-electron chi connectivity index (χ1n) is 6.85. The average Bonchev–Trinajstić information content (AvgIpc) is 3.12. The Kier molecular flexibility index (Phi) is 3.94. The SMILES string of the molecule is O=S(=O)(Nc1cnn(CC2CCCO2)c1)c1ccccc1. The molecule has 1 atom stereocenters. The van der Waals surface area contributed by atoms with Gasteiger partial charge >= 0.3 is 0 Å². The summed E-state index contributed by atoms with van der Waals surface area (Å²) < 4.78 is 34.1. The van der Waals surface area contributed by atoms with Crippen LogP contribution in [0.1, 0.15) is 12.8 Å².